The van der Waals surface area contributed by atoms with Crippen LogP contribution in [0.25, 0.3) is 21.5 Å². The lowest BCUT2D eigenvalue weighted by Gasteiger charge is -2.35. The van der Waals surface area contributed by atoms with Crippen LogP contribution in [0.5, 0.6) is 5.88 Å². The molecule has 1 aliphatic rings. The highest BCUT2D eigenvalue weighted by molar-refractivity contribution is 7.22. The monoisotopic (exact) mass is 417 g/mol. The van der Waals surface area contributed by atoms with E-state index >= 15 is 0 Å². The van der Waals surface area contributed by atoms with Crippen molar-refractivity contribution in [2.45, 2.75) is 31.9 Å². The number of carbonyl (C=O) groups excluding carboxylic acids is 1. The molecule has 3 aromatic heterocycles. The molecule has 1 saturated carbocycles. The first-order valence-electron chi connectivity index (χ1n) is 9.73. The molecule has 1 N–H and O–H groups in total. The summed E-state index contributed by atoms with van der Waals surface area (Å²) in [7, 11) is 0. The average molecular weight is 417 g/mol. The van der Waals surface area contributed by atoms with Crippen LogP contribution in [0, 0.1) is 0 Å². The van der Waals surface area contributed by atoms with Gasteiger partial charge >= 0.3 is 0 Å². The van der Waals surface area contributed by atoms with Crippen molar-refractivity contribution < 1.29 is 9.53 Å². The molecule has 30 heavy (non-hydrogen) atoms. The van der Waals surface area contributed by atoms with Crippen molar-refractivity contribution in [2.24, 2.45) is 0 Å². The summed E-state index contributed by atoms with van der Waals surface area (Å²) in [5, 5.41) is 4.44. The van der Waals surface area contributed by atoms with Gasteiger partial charge in [0.1, 0.15) is 17.5 Å². The smallest absolute Gasteiger partial charge is 0.240 e. The summed E-state index contributed by atoms with van der Waals surface area (Å²) in [6.45, 7) is 1.49. The third-order valence-corrected chi connectivity index (χ3v) is 6.02. The molecule has 3 heterocycles. The van der Waals surface area contributed by atoms with E-state index in [9.17, 15) is 4.79 Å². The fraction of sp³-hybridized carbons (Fsp3) is 0.227. The van der Waals surface area contributed by atoms with E-state index in [-0.39, 0.29) is 11.9 Å². The average Bonchev–Trinajstić information content (AvgIpc) is 3.15. The lowest BCUT2D eigenvalue weighted by atomic mass is 9.89. The molecule has 0 unspecified atom stereocenters. The molecular weight excluding hydrogens is 398 g/mol. The third-order valence-electron chi connectivity index (χ3n) is 5.06. The predicted molar refractivity (Wildman–Crippen MR) is 116 cm³/mol. The summed E-state index contributed by atoms with van der Waals surface area (Å²) in [6.07, 6.45) is 6.68. The van der Waals surface area contributed by atoms with Crippen molar-refractivity contribution in [2.75, 3.05) is 5.32 Å². The molecule has 1 aliphatic carbocycles. The van der Waals surface area contributed by atoms with E-state index in [4.69, 9.17) is 4.74 Å². The first kappa shape index (κ1) is 18.6. The van der Waals surface area contributed by atoms with E-state index in [1.54, 1.807) is 36.0 Å². The molecule has 150 valence electrons. The van der Waals surface area contributed by atoms with Crippen molar-refractivity contribution in [3.8, 4) is 17.1 Å². The maximum atomic E-state index is 11.4. The van der Waals surface area contributed by atoms with Gasteiger partial charge in [-0.05, 0) is 24.3 Å². The second-order valence-corrected chi connectivity index (χ2v) is 8.27. The summed E-state index contributed by atoms with van der Waals surface area (Å²) in [5.41, 5.74) is 2.84. The number of ketones is 1. The van der Waals surface area contributed by atoms with Gasteiger partial charge in [-0.1, -0.05) is 23.5 Å². The highest BCUT2D eigenvalue weighted by atomic mass is 32.1. The Bertz CT molecular complexity index is 1170. The fourth-order valence-electron chi connectivity index (χ4n) is 3.40. The van der Waals surface area contributed by atoms with Gasteiger partial charge in [0.15, 0.2) is 10.9 Å². The van der Waals surface area contributed by atoms with Gasteiger partial charge in [0, 0.05) is 50.0 Å². The van der Waals surface area contributed by atoms with E-state index in [1.807, 2.05) is 24.3 Å². The summed E-state index contributed by atoms with van der Waals surface area (Å²) in [6, 6.07) is 12.0. The van der Waals surface area contributed by atoms with Crippen LogP contribution in [-0.4, -0.2) is 37.9 Å². The maximum absolute atomic E-state index is 11.4. The lowest BCUT2D eigenvalue weighted by Crippen LogP contribution is -2.42. The number of Topliss-reactive ketones (excluding diaryl/α,β-unsaturated/α-hetero) is 1. The van der Waals surface area contributed by atoms with Crippen LogP contribution in [0.3, 0.4) is 0 Å². The molecule has 0 aliphatic heterocycles. The number of hydrogen-bond donors (Lipinski definition) is 1. The van der Waals surface area contributed by atoms with E-state index in [2.05, 4.69) is 31.3 Å². The number of anilines is 1. The Morgan fingerprint density at radius 2 is 1.93 bits per heavy atom. The van der Waals surface area contributed by atoms with Crippen LogP contribution >= 0.6 is 11.3 Å². The van der Waals surface area contributed by atoms with Gasteiger partial charge < -0.3 is 10.1 Å². The Labute approximate surface area is 177 Å². The minimum absolute atomic E-state index is 0.0665. The molecule has 0 atom stereocenters. The number of thiazole rings is 1. The van der Waals surface area contributed by atoms with Gasteiger partial charge in [0.05, 0.1) is 10.2 Å². The van der Waals surface area contributed by atoms with Crippen LogP contribution in [0.2, 0.25) is 0 Å². The number of nitrogens with zero attached hydrogens (tertiary/aromatic N) is 4. The van der Waals surface area contributed by atoms with Crippen LogP contribution in [0.4, 0.5) is 5.13 Å². The zero-order chi connectivity index (χ0) is 20.5. The second kappa shape index (κ2) is 7.79. The Hall–Kier alpha value is -3.39. The molecule has 0 bridgehead atoms. The predicted octanol–water partition coefficient (Wildman–Crippen LogP) is 4.37. The number of fused-ring (bicyclic) bond motifs is 1. The highest BCUT2D eigenvalue weighted by Gasteiger charge is 2.32. The number of aromatic nitrogens is 4. The number of hydrogen-bond acceptors (Lipinski definition) is 8. The Morgan fingerprint density at radius 1 is 1.10 bits per heavy atom. The number of rotatable bonds is 6. The van der Waals surface area contributed by atoms with Crippen molar-refractivity contribution in [3.05, 3.63) is 60.7 Å². The number of para-hydroxylation sites is 1. The summed E-state index contributed by atoms with van der Waals surface area (Å²) in [5.74, 6) is 0.414. The Morgan fingerprint density at radius 3 is 2.70 bits per heavy atom. The van der Waals surface area contributed by atoms with Gasteiger partial charge in [-0.2, -0.15) is 0 Å². The van der Waals surface area contributed by atoms with Crippen LogP contribution in [0.1, 0.15) is 30.3 Å². The second-order valence-electron chi connectivity index (χ2n) is 7.24. The molecule has 8 heteroatoms. The minimum Gasteiger partial charge on any atom is -0.473 e. The van der Waals surface area contributed by atoms with Crippen molar-refractivity contribution >= 4 is 32.5 Å². The number of ether oxygens (including phenoxy) is 1. The van der Waals surface area contributed by atoms with E-state index < -0.39 is 0 Å². The van der Waals surface area contributed by atoms with Gasteiger partial charge in [-0.3, -0.25) is 9.78 Å². The first-order chi connectivity index (χ1) is 14.7. The molecule has 0 amide bonds. The van der Waals surface area contributed by atoms with E-state index in [0.717, 1.165) is 29.1 Å². The normalized spacial score (nSPS) is 18.0. The molecule has 7 nitrogen and oxygen atoms in total. The number of carbonyl (C=O) groups is 1. The molecule has 1 fully saturated rings. The molecule has 0 spiro atoms. The zero-order valence-electron chi connectivity index (χ0n) is 16.3. The number of nitrogens with one attached hydrogen (secondary N) is 1. The standard InChI is InChI=1S/C22H19N5O2S/c1-13(28)17-7-6-14(12-25-17)20-21(24-9-8-23-20)29-16-10-15(11-16)26-22-27-18-4-2-3-5-19(18)30-22/h2-9,12,15-16H,10-11H2,1H3,(H,26,27)/t15-,16-. The largest absolute Gasteiger partial charge is 0.473 e. The van der Waals surface area contributed by atoms with E-state index in [1.165, 1.54) is 11.6 Å². The number of pyridine rings is 1. The van der Waals surface area contributed by atoms with Crippen LogP contribution in [0.15, 0.2) is 55.0 Å². The lowest BCUT2D eigenvalue weighted by molar-refractivity contribution is 0.101. The van der Waals surface area contributed by atoms with Gasteiger partial charge in [-0.15, -0.1) is 0 Å². The molecule has 1 aromatic carbocycles. The SMILES string of the molecule is CC(=O)c1ccc(-c2nccnc2O[C@H]2C[C@H](Nc3nc4ccccc4s3)C2)cn1. The Kier molecular flexibility index (Phi) is 4.84. The highest BCUT2D eigenvalue weighted by Crippen LogP contribution is 2.33. The molecule has 4 aromatic rings. The van der Waals surface area contributed by atoms with Gasteiger partial charge in [-0.25, -0.2) is 15.0 Å². The quantitative estimate of drug-likeness (QED) is 0.466. The number of benzene rings is 1. The van der Waals surface area contributed by atoms with Crippen molar-refractivity contribution in [1.29, 1.82) is 0 Å². The first-order valence-corrected chi connectivity index (χ1v) is 10.5. The van der Waals surface area contributed by atoms with Gasteiger partial charge in [0.25, 0.3) is 0 Å². The minimum atomic E-state index is -0.0710. The van der Waals surface area contributed by atoms with Crippen molar-refractivity contribution in [3.63, 3.8) is 0 Å². The van der Waals surface area contributed by atoms with Gasteiger partial charge in [0.2, 0.25) is 5.88 Å². The molecular formula is C22H19N5O2S. The Balaban J connectivity index is 1.24. The molecule has 0 saturated heterocycles. The van der Waals surface area contributed by atoms with E-state index in [0.29, 0.717) is 23.3 Å². The van der Waals surface area contributed by atoms with Crippen molar-refractivity contribution in [1.82, 2.24) is 19.9 Å². The zero-order valence-corrected chi connectivity index (χ0v) is 17.1. The van der Waals surface area contributed by atoms with Crippen LogP contribution in [-0.2, 0) is 0 Å². The summed E-state index contributed by atoms with van der Waals surface area (Å²) >= 11 is 1.67. The maximum Gasteiger partial charge on any atom is 0.240 e. The summed E-state index contributed by atoms with van der Waals surface area (Å²) < 4.78 is 7.30. The molecule has 5 rings (SSSR count). The van der Waals surface area contributed by atoms with Crippen LogP contribution < -0.4 is 10.1 Å². The topological polar surface area (TPSA) is 89.9 Å². The third kappa shape index (κ3) is 3.73. The molecule has 0 radical (unpaired) electrons. The fourth-order valence-corrected chi connectivity index (χ4v) is 4.34. The summed E-state index contributed by atoms with van der Waals surface area (Å²) in [4.78, 5) is 29.0.